The van der Waals surface area contributed by atoms with Gasteiger partial charge < -0.3 is 19.1 Å². The fraction of sp³-hybridized carbons (Fsp3) is 0.370. The molecule has 2 aliphatic heterocycles. The second kappa shape index (κ2) is 11.4. The third kappa shape index (κ3) is 6.25. The second-order valence-corrected chi connectivity index (χ2v) is 9.52. The predicted molar refractivity (Wildman–Crippen MR) is 137 cm³/mol. The number of methoxy groups -OCH3 is 1. The summed E-state index contributed by atoms with van der Waals surface area (Å²) in [6, 6.07) is 13.8. The first-order valence-electron chi connectivity index (χ1n) is 11.8. The molecular formula is C27H30N2O5S. The maximum absolute atomic E-state index is 12.6. The van der Waals surface area contributed by atoms with Gasteiger partial charge in [-0.05, 0) is 67.8 Å². The Morgan fingerprint density at radius 3 is 2.57 bits per heavy atom. The van der Waals surface area contributed by atoms with Crippen molar-refractivity contribution in [3.63, 3.8) is 0 Å². The molecule has 0 aliphatic carbocycles. The lowest BCUT2D eigenvalue weighted by Crippen LogP contribution is -2.39. The van der Waals surface area contributed by atoms with Crippen molar-refractivity contribution in [3.8, 4) is 11.5 Å². The van der Waals surface area contributed by atoms with Crippen LogP contribution in [0.25, 0.3) is 6.08 Å². The number of carbonyl (C=O) groups is 2. The van der Waals surface area contributed by atoms with Gasteiger partial charge in [0, 0.05) is 13.1 Å². The summed E-state index contributed by atoms with van der Waals surface area (Å²) in [6.45, 7) is 6.06. The van der Waals surface area contributed by atoms with Crippen LogP contribution in [0.5, 0.6) is 11.5 Å². The summed E-state index contributed by atoms with van der Waals surface area (Å²) in [5.41, 5.74) is 3.11. The Balaban J connectivity index is 1.37. The molecule has 0 aromatic heterocycles. The van der Waals surface area contributed by atoms with Crippen LogP contribution in [0, 0.1) is 12.8 Å². The van der Waals surface area contributed by atoms with Gasteiger partial charge in [0.2, 0.25) is 0 Å². The van der Waals surface area contributed by atoms with E-state index in [0.717, 1.165) is 11.1 Å². The standard InChI is InChI=1S/C27H30N2O5S/c1-4-33-26(31)21-11-13-29(14-12-21)27-28-25(30)24(35-27)16-20-9-10-22(23(15-20)32-3)34-17-19-7-5-18(2)6-8-19/h5-10,15-16,21H,4,11-14,17H2,1-3H3/b24-16-. The maximum Gasteiger partial charge on any atom is 0.309 e. The van der Waals surface area contributed by atoms with E-state index >= 15 is 0 Å². The van der Waals surface area contributed by atoms with Crippen LogP contribution in [0.3, 0.4) is 0 Å². The van der Waals surface area contributed by atoms with Crippen molar-refractivity contribution < 1.29 is 23.8 Å². The fourth-order valence-electron chi connectivity index (χ4n) is 3.99. The van der Waals surface area contributed by atoms with E-state index in [1.54, 1.807) is 7.11 Å². The number of esters is 1. The number of rotatable bonds is 7. The molecule has 0 bridgehead atoms. The van der Waals surface area contributed by atoms with Crippen LogP contribution in [0.15, 0.2) is 52.4 Å². The molecule has 4 rings (SSSR count). The summed E-state index contributed by atoms with van der Waals surface area (Å²) < 4.78 is 16.6. The molecule has 2 aromatic rings. The Kier molecular flexibility index (Phi) is 8.13. The molecule has 2 heterocycles. The van der Waals surface area contributed by atoms with Crippen LogP contribution in [0.2, 0.25) is 0 Å². The Labute approximate surface area is 210 Å². The normalized spacial score (nSPS) is 17.5. The highest BCUT2D eigenvalue weighted by Crippen LogP contribution is 2.34. The van der Waals surface area contributed by atoms with Crippen LogP contribution in [0.1, 0.15) is 36.5 Å². The molecule has 2 aromatic carbocycles. The number of piperidine rings is 1. The molecule has 0 spiro atoms. The number of likely N-dealkylation sites (tertiary alicyclic amines) is 1. The van der Waals surface area contributed by atoms with Crippen molar-refractivity contribution >= 4 is 34.9 Å². The first-order chi connectivity index (χ1) is 17.0. The lowest BCUT2D eigenvalue weighted by atomic mass is 9.97. The number of amidine groups is 1. The fourth-order valence-corrected chi connectivity index (χ4v) is 4.95. The van der Waals surface area contributed by atoms with Gasteiger partial charge in [0.05, 0.1) is 24.5 Å². The largest absolute Gasteiger partial charge is 0.493 e. The molecule has 1 amide bonds. The molecular weight excluding hydrogens is 464 g/mol. The zero-order valence-corrected chi connectivity index (χ0v) is 21.1. The van der Waals surface area contributed by atoms with Crippen LogP contribution in [-0.2, 0) is 20.9 Å². The Morgan fingerprint density at radius 1 is 1.14 bits per heavy atom. The molecule has 1 saturated heterocycles. The van der Waals surface area contributed by atoms with E-state index in [0.29, 0.717) is 60.7 Å². The molecule has 0 unspecified atom stereocenters. The van der Waals surface area contributed by atoms with E-state index in [-0.39, 0.29) is 17.8 Å². The van der Waals surface area contributed by atoms with Gasteiger partial charge in [0.1, 0.15) is 6.61 Å². The van der Waals surface area contributed by atoms with E-state index in [9.17, 15) is 9.59 Å². The molecule has 7 nitrogen and oxygen atoms in total. The maximum atomic E-state index is 12.6. The Bertz CT molecular complexity index is 1130. The number of aliphatic imine (C=N–C) groups is 1. The van der Waals surface area contributed by atoms with Gasteiger partial charge >= 0.3 is 5.97 Å². The molecule has 0 N–H and O–H groups in total. The minimum absolute atomic E-state index is 0.0804. The lowest BCUT2D eigenvalue weighted by Gasteiger charge is -2.31. The van der Waals surface area contributed by atoms with Gasteiger partial charge in [0.15, 0.2) is 16.7 Å². The number of ether oxygens (including phenoxy) is 3. The number of amides is 1. The summed E-state index contributed by atoms with van der Waals surface area (Å²) in [6.07, 6.45) is 3.22. The zero-order chi connectivity index (χ0) is 24.8. The van der Waals surface area contributed by atoms with E-state index < -0.39 is 0 Å². The summed E-state index contributed by atoms with van der Waals surface area (Å²) in [5, 5.41) is 0.688. The number of benzene rings is 2. The monoisotopic (exact) mass is 494 g/mol. The third-order valence-corrected chi connectivity index (χ3v) is 7.04. The summed E-state index contributed by atoms with van der Waals surface area (Å²) in [4.78, 5) is 31.4. The predicted octanol–water partition coefficient (Wildman–Crippen LogP) is 4.83. The molecule has 0 saturated carbocycles. The SMILES string of the molecule is CCOC(=O)C1CCN(C2=NC(=O)/C(=C/c3ccc(OCc4ccc(C)cc4)c(OC)c3)S2)CC1. The van der Waals surface area contributed by atoms with E-state index in [1.807, 2.05) is 43.3 Å². The number of aryl methyl sites for hydroxylation is 1. The highest BCUT2D eigenvalue weighted by atomic mass is 32.2. The Morgan fingerprint density at radius 2 is 1.89 bits per heavy atom. The van der Waals surface area contributed by atoms with Crippen molar-refractivity contribution in [2.75, 3.05) is 26.8 Å². The number of hydrogen-bond acceptors (Lipinski definition) is 7. The van der Waals surface area contributed by atoms with E-state index in [1.165, 1.54) is 17.3 Å². The van der Waals surface area contributed by atoms with Gasteiger partial charge in [0.25, 0.3) is 5.91 Å². The van der Waals surface area contributed by atoms with Gasteiger partial charge in [-0.1, -0.05) is 35.9 Å². The summed E-state index contributed by atoms with van der Waals surface area (Å²) in [5.74, 6) is 0.774. The number of thioether (sulfide) groups is 1. The van der Waals surface area contributed by atoms with Crippen LogP contribution >= 0.6 is 11.8 Å². The van der Waals surface area contributed by atoms with Crippen LogP contribution < -0.4 is 9.47 Å². The smallest absolute Gasteiger partial charge is 0.309 e. The minimum Gasteiger partial charge on any atom is -0.493 e. The lowest BCUT2D eigenvalue weighted by molar-refractivity contribution is -0.149. The molecule has 8 heteroatoms. The first-order valence-corrected chi connectivity index (χ1v) is 12.6. The number of nitrogens with zero attached hydrogens (tertiary/aromatic N) is 2. The van der Waals surface area contributed by atoms with Gasteiger partial charge in [-0.25, -0.2) is 0 Å². The van der Waals surface area contributed by atoms with Crippen molar-refractivity contribution in [1.82, 2.24) is 4.90 Å². The molecule has 1 fully saturated rings. The van der Waals surface area contributed by atoms with Gasteiger partial charge in [-0.2, -0.15) is 4.99 Å². The minimum atomic E-state index is -0.254. The quantitative estimate of drug-likeness (QED) is 0.403. The highest BCUT2D eigenvalue weighted by molar-refractivity contribution is 8.18. The van der Waals surface area contributed by atoms with E-state index in [2.05, 4.69) is 28.9 Å². The van der Waals surface area contributed by atoms with Gasteiger partial charge in [-0.15, -0.1) is 0 Å². The first kappa shape index (κ1) is 24.9. The van der Waals surface area contributed by atoms with Crippen molar-refractivity contribution in [1.29, 1.82) is 0 Å². The third-order valence-electron chi connectivity index (χ3n) is 6.00. The topological polar surface area (TPSA) is 77.4 Å². The van der Waals surface area contributed by atoms with E-state index in [4.69, 9.17) is 14.2 Å². The summed E-state index contributed by atoms with van der Waals surface area (Å²) >= 11 is 1.37. The summed E-state index contributed by atoms with van der Waals surface area (Å²) in [7, 11) is 1.60. The average molecular weight is 495 g/mol. The molecule has 0 atom stereocenters. The molecule has 184 valence electrons. The second-order valence-electron chi connectivity index (χ2n) is 8.51. The number of hydrogen-bond donors (Lipinski definition) is 0. The zero-order valence-electron chi connectivity index (χ0n) is 20.3. The van der Waals surface area contributed by atoms with Crippen molar-refractivity contribution in [3.05, 3.63) is 64.1 Å². The average Bonchev–Trinajstić information content (AvgIpc) is 3.24. The molecule has 35 heavy (non-hydrogen) atoms. The van der Waals surface area contributed by atoms with Crippen molar-refractivity contribution in [2.45, 2.75) is 33.3 Å². The van der Waals surface area contributed by atoms with Crippen LogP contribution in [0.4, 0.5) is 0 Å². The Hall–Kier alpha value is -3.26. The molecule has 0 radical (unpaired) electrons. The van der Waals surface area contributed by atoms with Crippen molar-refractivity contribution in [2.24, 2.45) is 10.9 Å². The van der Waals surface area contributed by atoms with Crippen LogP contribution in [-0.4, -0.2) is 48.8 Å². The number of carbonyl (C=O) groups excluding carboxylic acids is 2. The highest BCUT2D eigenvalue weighted by Gasteiger charge is 2.31. The molecule has 2 aliphatic rings. The van der Waals surface area contributed by atoms with Gasteiger partial charge in [-0.3, -0.25) is 9.59 Å².